The molecule has 0 bridgehead atoms. The average molecular weight is 466 g/mol. The van der Waals surface area contributed by atoms with Gasteiger partial charge in [0, 0.05) is 11.0 Å². The predicted molar refractivity (Wildman–Crippen MR) is 122 cm³/mol. The third-order valence-corrected chi connectivity index (χ3v) is 5.74. The van der Waals surface area contributed by atoms with Gasteiger partial charge in [-0.25, -0.2) is 4.79 Å². The van der Waals surface area contributed by atoms with Crippen LogP contribution in [0.25, 0.3) is 6.08 Å². The number of amides is 1. The van der Waals surface area contributed by atoms with Crippen LogP contribution in [0.15, 0.2) is 22.1 Å². The van der Waals surface area contributed by atoms with Gasteiger partial charge in [-0.1, -0.05) is 22.0 Å². The van der Waals surface area contributed by atoms with Gasteiger partial charge in [-0.3, -0.25) is 0 Å². The largest absolute Gasteiger partial charge is 0.492 e. The lowest BCUT2D eigenvalue weighted by molar-refractivity contribution is 0.00578. The summed E-state index contributed by atoms with van der Waals surface area (Å²) < 4.78 is 18.9. The summed E-state index contributed by atoms with van der Waals surface area (Å²) in [5.41, 5.74) is 2.69. The SMILES string of the molecule is Cc1cc(Br)cc(C)c1C=C(CNC(=O)OC(C)(C)C)B1OC(C)(C)C(C)(C)O1. The second-order valence-corrected chi connectivity index (χ2v) is 10.5. The molecule has 7 heteroatoms. The van der Waals surface area contributed by atoms with Crippen LogP contribution < -0.4 is 5.32 Å². The number of aryl methyl sites for hydroxylation is 2. The molecule has 0 aromatic heterocycles. The summed E-state index contributed by atoms with van der Waals surface area (Å²) in [6, 6.07) is 4.14. The molecule has 1 aromatic rings. The number of hydrogen-bond acceptors (Lipinski definition) is 4. The topological polar surface area (TPSA) is 56.8 Å². The molecule has 1 aliphatic heterocycles. The van der Waals surface area contributed by atoms with E-state index in [2.05, 4.69) is 53.3 Å². The summed E-state index contributed by atoms with van der Waals surface area (Å²) in [7, 11) is -0.558. The van der Waals surface area contributed by atoms with Gasteiger partial charge in [-0.15, -0.1) is 0 Å². The first kappa shape index (κ1) is 24.0. The first-order valence-corrected chi connectivity index (χ1v) is 10.7. The zero-order valence-corrected chi connectivity index (χ0v) is 20.6. The Balaban J connectivity index is 2.36. The number of benzene rings is 1. The van der Waals surface area contributed by atoms with Crippen molar-refractivity contribution in [3.63, 3.8) is 0 Å². The number of halogens is 1. The zero-order chi connectivity index (χ0) is 22.2. The Morgan fingerprint density at radius 3 is 2.07 bits per heavy atom. The number of carbonyl (C=O) groups excluding carboxylic acids is 1. The summed E-state index contributed by atoms with van der Waals surface area (Å²) in [6.07, 6.45) is 1.58. The van der Waals surface area contributed by atoms with E-state index in [1.165, 1.54) is 0 Å². The summed E-state index contributed by atoms with van der Waals surface area (Å²) >= 11 is 3.54. The van der Waals surface area contributed by atoms with E-state index in [4.69, 9.17) is 14.0 Å². The summed E-state index contributed by atoms with van der Waals surface area (Å²) in [6.45, 7) is 18.0. The molecule has 0 radical (unpaired) electrons. The molecule has 1 saturated heterocycles. The molecule has 0 saturated carbocycles. The van der Waals surface area contributed by atoms with Crippen LogP contribution in [0.5, 0.6) is 0 Å². The van der Waals surface area contributed by atoms with Gasteiger partial charge in [0.2, 0.25) is 0 Å². The van der Waals surface area contributed by atoms with Gasteiger partial charge in [0.25, 0.3) is 0 Å². The first-order chi connectivity index (χ1) is 13.1. The van der Waals surface area contributed by atoms with Crippen molar-refractivity contribution in [1.29, 1.82) is 0 Å². The highest BCUT2D eigenvalue weighted by molar-refractivity contribution is 9.10. The number of alkyl carbamates (subject to hydrolysis) is 1. The molecular formula is C22H33BBrNO4. The Labute approximate surface area is 183 Å². The van der Waals surface area contributed by atoms with Crippen molar-refractivity contribution in [2.45, 2.75) is 79.1 Å². The Hall–Kier alpha value is -1.31. The van der Waals surface area contributed by atoms with Crippen LogP contribution in [0.1, 0.15) is 65.2 Å². The third-order valence-electron chi connectivity index (χ3n) is 5.28. The number of nitrogens with one attached hydrogen (secondary N) is 1. The number of ether oxygens (including phenoxy) is 1. The fourth-order valence-corrected chi connectivity index (χ4v) is 3.71. The molecule has 1 N–H and O–H groups in total. The van der Waals surface area contributed by atoms with Crippen molar-refractivity contribution >= 4 is 35.2 Å². The van der Waals surface area contributed by atoms with Crippen molar-refractivity contribution in [3.05, 3.63) is 38.8 Å². The van der Waals surface area contributed by atoms with E-state index in [0.29, 0.717) is 0 Å². The number of hydrogen-bond donors (Lipinski definition) is 1. The lowest BCUT2D eigenvalue weighted by Crippen LogP contribution is -2.41. The van der Waals surface area contributed by atoms with Crippen LogP contribution in [-0.2, 0) is 14.0 Å². The Morgan fingerprint density at radius 2 is 1.62 bits per heavy atom. The minimum atomic E-state index is -0.558. The number of carbonyl (C=O) groups is 1. The maximum absolute atomic E-state index is 12.2. The van der Waals surface area contributed by atoms with E-state index in [1.54, 1.807) is 0 Å². The van der Waals surface area contributed by atoms with Gasteiger partial charge in [0.05, 0.1) is 11.2 Å². The molecule has 29 heavy (non-hydrogen) atoms. The van der Waals surface area contributed by atoms with Crippen LogP contribution >= 0.6 is 15.9 Å². The smallest absolute Gasteiger partial charge is 0.444 e. The van der Waals surface area contributed by atoms with E-state index in [1.807, 2.05) is 48.5 Å². The monoisotopic (exact) mass is 465 g/mol. The first-order valence-electron chi connectivity index (χ1n) is 9.91. The standard InChI is InChI=1S/C22H33BBrNO4/c1-14-10-17(24)11-15(2)18(14)12-16(13-25-19(26)27-20(3,4)5)23-28-21(6,7)22(8,9)29-23/h10-12H,13H2,1-9H3,(H,25,26). The Bertz CT molecular complexity index is 773. The maximum atomic E-state index is 12.2. The highest BCUT2D eigenvalue weighted by Crippen LogP contribution is 2.39. The zero-order valence-electron chi connectivity index (χ0n) is 19.0. The third kappa shape index (κ3) is 6.09. The van der Waals surface area contributed by atoms with Crippen molar-refractivity contribution in [1.82, 2.24) is 5.32 Å². The quantitative estimate of drug-likeness (QED) is 0.587. The van der Waals surface area contributed by atoms with E-state index < -0.39 is 30.0 Å². The molecule has 0 aliphatic carbocycles. The van der Waals surface area contributed by atoms with Gasteiger partial charge < -0.3 is 19.4 Å². The van der Waals surface area contributed by atoms with Crippen LogP contribution in [0, 0.1) is 13.8 Å². The minimum Gasteiger partial charge on any atom is -0.444 e. The molecule has 1 aliphatic rings. The summed E-state index contributed by atoms with van der Waals surface area (Å²) in [5.74, 6) is 0. The van der Waals surface area contributed by atoms with Crippen molar-refractivity contribution in [2.75, 3.05) is 6.54 Å². The second-order valence-electron chi connectivity index (χ2n) is 9.62. The van der Waals surface area contributed by atoms with E-state index in [0.717, 1.165) is 26.6 Å². The highest BCUT2D eigenvalue weighted by Gasteiger charge is 2.52. The molecule has 0 unspecified atom stereocenters. The molecule has 1 aromatic carbocycles. The molecule has 5 nitrogen and oxygen atoms in total. The Morgan fingerprint density at radius 1 is 1.14 bits per heavy atom. The van der Waals surface area contributed by atoms with E-state index in [9.17, 15) is 4.79 Å². The molecule has 2 rings (SSSR count). The van der Waals surface area contributed by atoms with E-state index >= 15 is 0 Å². The molecule has 1 heterocycles. The molecule has 160 valence electrons. The predicted octanol–water partition coefficient (Wildman–Crippen LogP) is 5.61. The van der Waals surface area contributed by atoms with Crippen LogP contribution in [0.4, 0.5) is 4.79 Å². The van der Waals surface area contributed by atoms with Gasteiger partial charge in [-0.05, 0) is 96.6 Å². The Kier molecular flexibility index (Phi) is 6.98. The van der Waals surface area contributed by atoms with Crippen molar-refractivity contribution < 1.29 is 18.8 Å². The molecular weight excluding hydrogens is 433 g/mol. The normalized spacial score (nSPS) is 18.7. The van der Waals surface area contributed by atoms with Gasteiger partial charge in [-0.2, -0.15) is 0 Å². The molecule has 0 spiro atoms. The minimum absolute atomic E-state index is 0.265. The van der Waals surface area contributed by atoms with E-state index in [-0.39, 0.29) is 6.54 Å². The molecule has 0 atom stereocenters. The van der Waals surface area contributed by atoms with Gasteiger partial charge in [0.15, 0.2) is 0 Å². The van der Waals surface area contributed by atoms with Gasteiger partial charge in [0.1, 0.15) is 5.60 Å². The van der Waals surface area contributed by atoms with Crippen LogP contribution in [0.2, 0.25) is 0 Å². The van der Waals surface area contributed by atoms with Gasteiger partial charge >= 0.3 is 13.2 Å². The van der Waals surface area contributed by atoms with Crippen molar-refractivity contribution in [3.8, 4) is 0 Å². The van der Waals surface area contributed by atoms with Crippen LogP contribution in [0.3, 0.4) is 0 Å². The molecule has 1 amide bonds. The molecule has 1 fully saturated rings. The summed E-state index contributed by atoms with van der Waals surface area (Å²) in [4.78, 5) is 12.2. The second kappa shape index (κ2) is 8.44. The maximum Gasteiger partial charge on any atom is 0.492 e. The highest BCUT2D eigenvalue weighted by atomic mass is 79.9. The van der Waals surface area contributed by atoms with Crippen LogP contribution in [-0.4, -0.2) is 36.6 Å². The number of rotatable bonds is 4. The fourth-order valence-electron chi connectivity index (χ4n) is 3.02. The fraction of sp³-hybridized carbons (Fsp3) is 0.591. The van der Waals surface area contributed by atoms with Crippen molar-refractivity contribution in [2.24, 2.45) is 0 Å². The average Bonchev–Trinajstić information content (AvgIpc) is 2.71. The lowest BCUT2D eigenvalue weighted by Gasteiger charge is -2.32. The summed E-state index contributed by atoms with van der Waals surface area (Å²) in [5, 5.41) is 2.84. The lowest BCUT2D eigenvalue weighted by atomic mass is 9.76.